The number of hydrogen-bond donors (Lipinski definition) is 1. The van der Waals surface area contributed by atoms with Gasteiger partial charge in [0.15, 0.2) is 0 Å². The summed E-state index contributed by atoms with van der Waals surface area (Å²) in [6.07, 6.45) is 0.855. The van der Waals surface area contributed by atoms with E-state index < -0.39 is 40.2 Å². The molecule has 11 heteroatoms. The Morgan fingerprint density at radius 3 is 2.84 bits per heavy atom. The third kappa shape index (κ3) is 3.88. The second-order valence-electron chi connectivity index (χ2n) is 4.62. The van der Waals surface area contributed by atoms with E-state index in [1.54, 1.807) is 5.38 Å². The highest BCUT2D eigenvalue weighted by molar-refractivity contribution is 7.14. The normalized spacial score (nSPS) is 9.92. The molecule has 0 aliphatic carbocycles. The number of ether oxygens (including phenoxy) is 1. The number of amides is 1. The number of nitrogens with one attached hydrogen (secondary N) is 1. The van der Waals surface area contributed by atoms with Gasteiger partial charge in [-0.15, -0.1) is 11.3 Å². The SMILES string of the molecule is COC(=O)c1cc([N+](=O)[O-])cn(CC(=O)Nc2sccc2C#N)c1=O. The molecule has 1 N–H and O–H groups in total. The van der Waals surface area contributed by atoms with Gasteiger partial charge in [-0.2, -0.15) is 5.26 Å². The second-order valence-corrected chi connectivity index (χ2v) is 5.53. The van der Waals surface area contributed by atoms with E-state index in [2.05, 4.69) is 10.1 Å². The number of nitro groups is 1. The van der Waals surface area contributed by atoms with Crippen LogP contribution in [0, 0.1) is 21.4 Å². The largest absolute Gasteiger partial charge is 0.465 e. The fourth-order valence-corrected chi connectivity index (χ4v) is 2.66. The van der Waals surface area contributed by atoms with E-state index in [1.807, 2.05) is 6.07 Å². The van der Waals surface area contributed by atoms with Crippen LogP contribution in [0.1, 0.15) is 15.9 Å². The Morgan fingerprint density at radius 2 is 2.24 bits per heavy atom. The Hall–Kier alpha value is -3.52. The molecule has 0 saturated carbocycles. The molecule has 2 rings (SSSR count). The Balaban J connectivity index is 2.35. The van der Waals surface area contributed by atoms with Crippen LogP contribution in [0.3, 0.4) is 0 Å². The molecule has 0 bridgehead atoms. The van der Waals surface area contributed by atoms with Gasteiger partial charge in [-0.3, -0.25) is 24.3 Å². The van der Waals surface area contributed by atoms with Gasteiger partial charge in [-0.1, -0.05) is 0 Å². The van der Waals surface area contributed by atoms with Crippen molar-refractivity contribution >= 4 is 33.9 Å². The Labute approximate surface area is 144 Å². The third-order valence-electron chi connectivity index (χ3n) is 3.04. The van der Waals surface area contributed by atoms with E-state index in [1.165, 1.54) is 6.07 Å². The number of nitrogens with zero attached hydrogens (tertiary/aromatic N) is 3. The van der Waals surface area contributed by atoms with Gasteiger partial charge < -0.3 is 10.1 Å². The molecule has 2 aromatic rings. The molecule has 128 valence electrons. The molecule has 0 aliphatic heterocycles. The number of esters is 1. The Kier molecular flexibility index (Phi) is 5.25. The highest BCUT2D eigenvalue weighted by Gasteiger charge is 2.21. The molecule has 0 aliphatic rings. The zero-order valence-electron chi connectivity index (χ0n) is 12.7. The number of anilines is 1. The van der Waals surface area contributed by atoms with Crippen molar-refractivity contribution in [2.75, 3.05) is 12.4 Å². The van der Waals surface area contributed by atoms with Gasteiger partial charge in [-0.25, -0.2) is 4.79 Å². The van der Waals surface area contributed by atoms with Crippen LogP contribution in [0.2, 0.25) is 0 Å². The average Bonchev–Trinajstić information content (AvgIpc) is 3.02. The van der Waals surface area contributed by atoms with Crippen molar-refractivity contribution in [1.82, 2.24) is 4.57 Å². The summed E-state index contributed by atoms with van der Waals surface area (Å²) in [4.78, 5) is 46.0. The summed E-state index contributed by atoms with van der Waals surface area (Å²) >= 11 is 1.11. The Morgan fingerprint density at radius 1 is 1.52 bits per heavy atom. The van der Waals surface area contributed by atoms with Crippen LogP contribution in [0.25, 0.3) is 0 Å². The zero-order valence-corrected chi connectivity index (χ0v) is 13.5. The molecule has 2 heterocycles. The minimum Gasteiger partial charge on any atom is -0.465 e. The molecule has 0 spiro atoms. The maximum Gasteiger partial charge on any atom is 0.343 e. The maximum absolute atomic E-state index is 12.2. The standard InChI is InChI=1S/C14H10N4O6S/c1-24-14(21)10-4-9(18(22)23)6-17(13(10)20)7-11(19)16-12-8(5-15)2-3-25-12/h2-4,6H,7H2,1H3,(H,16,19). The summed E-state index contributed by atoms with van der Waals surface area (Å²) in [6.45, 7) is -0.576. The number of rotatable bonds is 5. The first-order valence-corrected chi connectivity index (χ1v) is 7.50. The molecule has 0 aromatic carbocycles. The lowest BCUT2D eigenvalue weighted by atomic mass is 10.2. The molecular weight excluding hydrogens is 352 g/mol. The molecule has 0 unspecified atom stereocenters. The van der Waals surface area contributed by atoms with Crippen LogP contribution in [0.5, 0.6) is 0 Å². The molecule has 2 aromatic heterocycles. The lowest BCUT2D eigenvalue weighted by molar-refractivity contribution is -0.385. The summed E-state index contributed by atoms with van der Waals surface area (Å²) in [7, 11) is 1.03. The van der Waals surface area contributed by atoms with Gasteiger partial charge in [0.2, 0.25) is 5.91 Å². The third-order valence-corrected chi connectivity index (χ3v) is 3.87. The van der Waals surface area contributed by atoms with Gasteiger partial charge in [-0.05, 0) is 11.4 Å². The Bertz CT molecular complexity index is 955. The smallest absolute Gasteiger partial charge is 0.343 e. The van der Waals surface area contributed by atoms with E-state index in [9.17, 15) is 24.5 Å². The van der Waals surface area contributed by atoms with E-state index in [4.69, 9.17) is 5.26 Å². The summed E-state index contributed by atoms with van der Waals surface area (Å²) in [6, 6.07) is 4.18. The number of carbonyl (C=O) groups excluding carboxylic acids is 2. The van der Waals surface area contributed by atoms with Crippen molar-refractivity contribution in [2.24, 2.45) is 0 Å². The first-order valence-electron chi connectivity index (χ1n) is 6.62. The van der Waals surface area contributed by atoms with E-state index in [-0.39, 0.29) is 5.56 Å². The van der Waals surface area contributed by atoms with Crippen molar-refractivity contribution in [3.05, 3.63) is 55.3 Å². The quantitative estimate of drug-likeness (QED) is 0.476. The monoisotopic (exact) mass is 362 g/mol. The molecule has 0 atom stereocenters. The molecule has 25 heavy (non-hydrogen) atoms. The van der Waals surface area contributed by atoms with Crippen LogP contribution in [-0.4, -0.2) is 28.5 Å². The van der Waals surface area contributed by atoms with Crippen LogP contribution in [0.4, 0.5) is 10.7 Å². The van der Waals surface area contributed by atoms with Crippen molar-refractivity contribution in [1.29, 1.82) is 5.26 Å². The molecule has 0 radical (unpaired) electrons. The first-order chi connectivity index (χ1) is 11.9. The number of aromatic nitrogens is 1. The van der Waals surface area contributed by atoms with Crippen molar-refractivity contribution in [2.45, 2.75) is 6.54 Å². The lowest BCUT2D eigenvalue weighted by Gasteiger charge is -2.08. The predicted octanol–water partition coefficient (Wildman–Crippen LogP) is 1.11. The first kappa shape index (κ1) is 17.8. The minimum absolute atomic E-state index is 0.250. The van der Waals surface area contributed by atoms with Gasteiger partial charge in [0.1, 0.15) is 23.2 Å². The van der Waals surface area contributed by atoms with Gasteiger partial charge >= 0.3 is 5.97 Å². The fourth-order valence-electron chi connectivity index (χ4n) is 1.91. The van der Waals surface area contributed by atoms with Crippen molar-refractivity contribution < 1.29 is 19.2 Å². The number of nitriles is 1. The summed E-state index contributed by atoms with van der Waals surface area (Å²) < 4.78 is 5.15. The maximum atomic E-state index is 12.2. The summed E-state index contributed by atoms with van der Waals surface area (Å²) in [5.41, 5.74) is -1.75. The second kappa shape index (κ2) is 7.37. The van der Waals surface area contributed by atoms with E-state index in [0.717, 1.165) is 35.3 Å². The van der Waals surface area contributed by atoms with Gasteiger partial charge in [0.05, 0.1) is 23.8 Å². The van der Waals surface area contributed by atoms with Crippen LogP contribution >= 0.6 is 11.3 Å². The van der Waals surface area contributed by atoms with Crippen molar-refractivity contribution in [3.8, 4) is 6.07 Å². The van der Waals surface area contributed by atoms with Gasteiger partial charge in [0.25, 0.3) is 11.2 Å². The molecule has 10 nitrogen and oxygen atoms in total. The zero-order chi connectivity index (χ0) is 18.6. The molecule has 1 amide bonds. The minimum atomic E-state index is -1.05. The van der Waals surface area contributed by atoms with Crippen LogP contribution < -0.4 is 10.9 Å². The van der Waals surface area contributed by atoms with Crippen LogP contribution in [0.15, 0.2) is 28.5 Å². The molecule has 0 fully saturated rings. The number of hydrogen-bond acceptors (Lipinski definition) is 8. The van der Waals surface area contributed by atoms with Crippen LogP contribution in [-0.2, 0) is 16.1 Å². The number of pyridine rings is 1. The highest BCUT2D eigenvalue weighted by atomic mass is 32.1. The topological polar surface area (TPSA) is 144 Å². The molecule has 0 saturated heterocycles. The highest BCUT2D eigenvalue weighted by Crippen LogP contribution is 2.22. The van der Waals surface area contributed by atoms with E-state index in [0.29, 0.717) is 5.00 Å². The number of thiophene rings is 1. The summed E-state index contributed by atoms with van der Waals surface area (Å²) in [5, 5.41) is 24.2. The van der Waals surface area contributed by atoms with Crippen molar-refractivity contribution in [3.63, 3.8) is 0 Å². The van der Waals surface area contributed by atoms with Gasteiger partial charge in [0, 0.05) is 6.07 Å². The lowest BCUT2D eigenvalue weighted by Crippen LogP contribution is -2.31. The number of carbonyl (C=O) groups is 2. The predicted molar refractivity (Wildman–Crippen MR) is 86.4 cm³/mol. The average molecular weight is 362 g/mol. The fraction of sp³-hybridized carbons (Fsp3) is 0.143. The summed E-state index contributed by atoms with van der Waals surface area (Å²) in [5.74, 6) is -1.73. The number of methoxy groups -OCH3 is 1. The van der Waals surface area contributed by atoms with E-state index >= 15 is 0 Å². The molecular formula is C14H10N4O6S.